The second-order valence-electron chi connectivity index (χ2n) is 15.6. The molecule has 0 saturated heterocycles. The molecule has 0 atom stereocenters. The number of hydrogen-bond acceptors (Lipinski definition) is 4. The molecular formula is C57H36N4O. The van der Waals surface area contributed by atoms with E-state index in [1.807, 2.05) is 60.7 Å². The molecule has 12 aromatic rings. The summed E-state index contributed by atoms with van der Waals surface area (Å²) in [6, 6.07) is 76.4. The smallest absolute Gasteiger partial charge is 0.164 e. The molecule has 0 amide bonds. The normalized spacial score (nSPS) is 11.5. The van der Waals surface area contributed by atoms with Gasteiger partial charge in [0, 0.05) is 44.3 Å². The van der Waals surface area contributed by atoms with Crippen LogP contribution in [0, 0.1) is 0 Å². The molecule has 0 radical (unpaired) electrons. The van der Waals surface area contributed by atoms with Crippen LogP contribution in [0.25, 0.3) is 117 Å². The van der Waals surface area contributed by atoms with E-state index in [9.17, 15) is 0 Å². The van der Waals surface area contributed by atoms with E-state index in [2.05, 4.69) is 162 Å². The van der Waals surface area contributed by atoms with Crippen LogP contribution >= 0.6 is 0 Å². The van der Waals surface area contributed by atoms with E-state index >= 15 is 0 Å². The van der Waals surface area contributed by atoms with E-state index in [-0.39, 0.29) is 0 Å². The van der Waals surface area contributed by atoms with Crippen molar-refractivity contribution in [3.63, 3.8) is 0 Å². The highest BCUT2D eigenvalue weighted by Gasteiger charge is 2.18. The van der Waals surface area contributed by atoms with Crippen molar-refractivity contribution in [2.75, 3.05) is 0 Å². The summed E-state index contributed by atoms with van der Waals surface area (Å²) in [6.07, 6.45) is 0. The summed E-state index contributed by atoms with van der Waals surface area (Å²) < 4.78 is 8.97. The maximum absolute atomic E-state index is 6.60. The van der Waals surface area contributed by atoms with Crippen molar-refractivity contribution < 1.29 is 4.42 Å². The van der Waals surface area contributed by atoms with Crippen LogP contribution in [0.15, 0.2) is 223 Å². The summed E-state index contributed by atoms with van der Waals surface area (Å²) >= 11 is 0. The molecule has 0 unspecified atom stereocenters. The Morgan fingerprint density at radius 1 is 0.306 bits per heavy atom. The minimum absolute atomic E-state index is 0.632. The van der Waals surface area contributed by atoms with Crippen LogP contribution in [0.2, 0.25) is 0 Å². The van der Waals surface area contributed by atoms with Crippen LogP contribution in [0.1, 0.15) is 0 Å². The molecule has 0 fully saturated rings. The molecule has 62 heavy (non-hydrogen) atoms. The van der Waals surface area contributed by atoms with Gasteiger partial charge in [-0.2, -0.15) is 0 Å². The zero-order chi connectivity index (χ0) is 41.0. The molecular weight excluding hydrogens is 757 g/mol. The minimum atomic E-state index is 0.632. The number of fused-ring (bicyclic) bond motifs is 3. The fourth-order valence-electron chi connectivity index (χ4n) is 8.92. The van der Waals surface area contributed by atoms with Gasteiger partial charge in [-0.1, -0.05) is 170 Å². The lowest BCUT2D eigenvalue weighted by molar-refractivity contribution is 0.669. The molecule has 0 aliphatic carbocycles. The molecule has 3 aromatic heterocycles. The quantitative estimate of drug-likeness (QED) is 0.168. The highest BCUT2D eigenvalue weighted by atomic mass is 16.3. The first-order chi connectivity index (χ1) is 30.7. The zero-order valence-electron chi connectivity index (χ0n) is 33.5. The Morgan fingerprint density at radius 3 is 1.50 bits per heavy atom. The van der Waals surface area contributed by atoms with Crippen molar-refractivity contribution in [3.8, 4) is 62.1 Å². The number of para-hydroxylation sites is 1. The van der Waals surface area contributed by atoms with Crippen LogP contribution in [-0.2, 0) is 0 Å². The maximum Gasteiger partial charge on any atom is 0.164 e. The van der Waals surface area contributed by atoms with Gasteiger partial charge in [-0.15, -0.1) is 0 Å². The number of hydrogen-bond donors (Lipinski definition) is 0. The van der Waals surface area contributed by atoms with Gasteiger partial charge < -0.3 is 8.98 Å². The molecule has 5 heteroatoms. The summed E-state index contributed by atoms with van der Waals surface area (Å²) in [4.78, 5) is 14.9. The van der Waals surface area contributed by atoms with E-state index in [0.717, 1.165) is 88.4 Å². The molecule has 0 spiro atoms. The molecule has 3 heterocycles. The molecule has 5 nitrogen and oxygen atoms in total. The first kappa shape index (κ1) is 35.5. The lowest BCUT2D eigenvalue weighted by Crippen LogP contribution is -2.00. The SMILES string of the molecule is c1ccc(-c2nc(-c3ccccc3)nc(-c3cccc(-c4cccc(-c5ccc6c(c5)c5ccccc5n6-c5cc6ccccccc7cccc8oc(c5)c6c78)c4)c3)n2)cc1. The number of benzene rings is 8. The lowest BCUT2D eigenvalue weighted by Gasteiger charge is -2.11. The Balaban J connectivity index is 0.956. The second-order valence-corrected chi connectivity index (χ2v) is 15.6. The van der Waals surface area contributed by atoms with Gasteiger partial charge in [0.15, 0.2) is 17.5 Å². The van der Waals surface area contributed by atoms with Crippen LogP contribution < -0.4 is 0 Å². The fourth-order valence-corrected chi connectivity index (χ4v) is 8.92. The predicted molar refractivity (Wildman–Crippen MR) is 255 cm³/mol. The molecule has 0 aliphatic heterocycles. The first-order valence-corrected chi connectivity index (χ1v) is 20.8. The number of furan rings is 1. The summed E-state index contributed by atoms with van der Waals surface area (Å²) in [7, 11) is 0. The van der Waals surface area contributed by atoms with Gasteiger partial charge >= 0.3 is 0 Å². The summed E-state index contributed by atoms with van der Waals surface area (Å²) in [6.45, 7) is 0. The second kappa shape index (κ2) is 14.7. The molecule has 0 bridgehead atoms. The molecule has 12 rings (SSSR count). The topological polar surface area (TPSA) is 56.7 Å². The Labute approximate surface area is 357 Å². The van der Waals surface area contributed by atoms with E-state index < -0.39 is 0 Å². The first-order valence-electron chi connectivity index (χ1n) is 20.8. The number of aromatic nitrogens is 4. The third-order valence-corrected chi connectivity index (χ3v) is 11.8. The highest BCUT2D eigenvalue weighted by Crippen LogP contribution is 2.40. The van der Waals surface area contributed by atoms with E-state index in [4.69, 9.17) is 19.4 Å². The summed E-state index contributed by atoms with van der Waals surface area (Å²) in [5.74, 6) is 1.92. The van der Waals surface area contributed by atoms with Crippen molar-refractivity contribution in [2.24, 2.45) is 0 Å². The van der Waals surface area contributed by atoms with Crippen molar-refractivity contribution >= 4 is 54.5 Å². The van der Waals surface area contributed by atoms with Gasteiger partial charge in [-0.05, 0) is 75.5 Å². The monoisotopic (exact) mass is 792 g/mol. The predicted octanol–water partition coefficient (Wildman–Crippen LogP) is 14.9. The van der Waals surface area contributed by atoms with E-state index in [1.165, 1.54) is 10.8 Å². The van der Waals surface area contributed by atoms with Gasteiger partial charge in [0.25, 0.3) is 0 Å². The minimum Gasteiger partial charge on any atom is -0.456 e. The largest absolute Gasteiger partial charge is 0.456 e. The van der Waals surface area contributed by atoms with Gasteiger partial charge in [-0.3, -0.25) is 0 Å². The standard InChI is InChI=1S/C57H36N4O/c1-2-6-21-44-34-46(36-52-54(44)53-37(16-5-1)22-15-29-51(53)62-52)61-49-28-12-11-27-47(49)48-35-43(30-31-50(48)61)41-24-13-23-40(32-41)42-25-14-26-45(33-42)57-59-55(38-17-7-3-8-18-38)58-56(60-57)39-19-9-4-10-20-39/h1-36H. The van der Waals surface area contributed by atoms with Crippen molar-refractivity contribution in [1.29, 1.82) is 0 Å². The van der Waals surface area contributed by atoms with Crippen LogP contribution in [0.3, 0.4) is 0 Å². The molecule has 0 N–H and O–H groups in total. The van der Waals surface area contributed by atoms with Gasteiger partial charge in [0.1, 0.15) is 11.2 Å². The van der Waals surface area contributed by atoms with Crippen molar-refractivity contribution in [3.05, 3.63) is 218 Å². The van der Waals surface area contributed by atoms with Crippen LogP contribution in [-0.4, -0.2) is 19.5 Å². The highest BCUT2D eigenvalue weighted by molar-refractivity contribution is 6.21. The third kappa shape index (κ3) is 6.14. The van der Waals surface area contributed by atoms with Crippen LogP contribution in [0.4, 0.5) is 0 Å². The summed E-state index contributed by atoms with van der Waals surface area (Å²) in [5, 5.41) is 6.93. The number of rotatable bonds is 6. The maximum atomic E-state index is 6.60. The van der Waals surface area contributed by atoms with Gasteiger partial charge in [0.2, 0.25) is 0 Å². The third-order valence-electron chi connectivity index (χ3n) is 11.8. The van der Waals surface area contributed by atoms with E-state index in [0.29, 0.717) is 17.5 Å². The Hall–Kier alpha value is -8.41. The Bertz CT molecular complexity index is 3640. The van der Waals surface area contributed by atoms with Crippen molar-refractivity contribution in [2.45, 2.75) is 0 Å². The number of nitrogens with zero attached hydrogens (tertiary/aromatic N) is 4. The summed E-state index contributed by atoms with van der Waals surface area (Å²) in [5.41, 5.74) is 12.4. The van der Waals surface area contributed by atoms with E-state index in [1.54, 1.807) is 0 Å². The Kier molecular flexibility index (Phi) is 8.42. The van der Waals surface area contributed by atoms with Crippen LogP contribution in [0.5, 0.6) is 0 Å². The van der Waals surface area contributed by atoms with Gasteiger partial charge in [0.05, 0.1) is 16.7 Å². The molecule has 0 saturated carbocycles. The molecule has 290 valence electrons. The average molecular weight is 793 g/mol. The van der Waals surface area contributed by atoms with Crippen molar-refractivity contribution in [1.82, 2.24) is 19.5 Å². The fraction of sp³-hybridized carbons (Fsp3) is 0. The lowest BCUT2D eigenvalue weighted by atomic mass is 9.97. The molecule has 9 aromatic carbocycles. The molecule has 0 aliphatic rings. The van der Waals surface area contributed by atoms with Gasteiger partial charge in [-0.25, -0.2) is 15.0 Å². The average Bonchev–Trinajstić information content (AvgIpc) is 3.89. The Morgan fingerprint density at radius 2 is 0.790 bits per heavy atom. The zero-order valence-corrected chi connectivity index (χ0v) is 33.5.